The number of benzene rings is 6. The maximum atomic E-state index is 12.9. The van der Waals surface area contributed by atoms with Crippen LogP contribution < -0.4 is 43.2 Å². The second-order valence-corrected chi connectivity index (χ2v) is 12.4. The van der Waals surface area contributed by atoms with Crippen LogP contribution >= 0.6 is 0 Å². The summed E-state index contributed by atoms with van der Waals surface area (Å²) < 4.78 is 42.6. The summed E-state index contributed by atoms with van der Waals surface area (Å²) in [7, 11) is 7.14. The van der Waals surface area contributed by atoms with Gasteiger partial charge in [-0.2, -0.15) is 0 Å². The Balaban J connectivity index is 1.00. The fourth-order valence-corrected chi connectivity index (χ4v) is 5.71. The van der Waals surface area contributed by atoms with Crippen LogP contribution in [-0.4, -0.2) is 64.5 Å². The summed E-state index contributed by atoms with van der Waals surface area (Å²) in [6, 6.07) is 31.4. The largest absolute Gasteiger partial charge is 0.507 e. The highest BCUT2D eigenvalue weighted by Gasteiger charge is 2.21. The van der Waals surface area contributed by atoms with E-state index in [1.165, 1.54) is 108 Å². The SMILES string of the molecule is COc1cc(O)c(C(=O)Oc2ccc(C(=O)Nc3ccc(-c4ccc(OC(=O)c5ccc(OC(=O)c6cc(OC)c(OC)cc6OC)cc5)cc4)cc3)cc2)cc1OC. The Bertz CT molecular complexity index is 2480. The van der Waals surface area contributed by atoms with Gasteiger partial charge in [-0.3, -0.25) is 4.79 Å². The molecule has 0 aliphatic carbocycles. The van der Waals surface area contributed by atoms with Gasteiger partial charge in [0.2, 0.25) is 0 Å². The van der Waals surface area contributed by atoms with E-state index in [4.69, 9.17) is 37.9 Å². The molecule has 0 aliphatic heterocycles. The third-order valence-corrected chi connectivity index (χ3v) is 8.82. The van der Waals surface area contributed by atoms with Crippen LogP contribution in [0, 0.1) is 0 Å². The van der Waals surface area contributed by atoms with Crippen LogP contribution in [0.2, 0.25) is 0 Å². The van der Waals surface area contributed by atoms with Crippen molar-refractivity contribution in [3.8, 4) is 62.9 Å². The number of ether oxygens (including phenoxy) is 8. The first-order valence-electron chi connectivity index (χ1n) is 17.7. The van der Waals surface area contributed by atoms with Crippen molar-refractivity contribution in [3.63, 3.8) is 0 Å². The van der Waals surface area contributed by atoms with Crippen LogP contribution in [0.3, 0.4) is 0 Å². The number of hydrogen-bond acceptors (Lipinski definition) is 13. The van der Waals surface area contributed by atoms with Gasteiger partial charge in [0.05, 0.1) is 41.1 Å². The van der Waals surface area contributed by atoms with E-state index in [0.717, 1.165) is 11.1 Å². The number of esters is 3. The molecule has 2 N–H and O–H groups in total. The summed E-state index contributed by atoms with van der Waals surface area (Å²) in [5.41, 5.74) is 2.80. The molecule has 14 heteroatoms. The van der Waals surface area contributed by atoms with E-state index in [2.05, 4.69) is 5.32 Å². The summed E-state index contributed by atoms with van der Waals surface area (Å²) in [6.45, 7) is 0. The number of aromatic hydroxyl groups is 1. The molecule has 59 heavy (non-hydrogen) atoms. The summed E-state index contributed by atoms with van der Waals surface area (Å²) in [5.74, 6) is -0.723. The number of amides is 1. The van der Waals surface area contributed by atoms with E-state index >= 15 is 0 Å². The van der Waals surface area contributed by atoms with Crippen molar-refractivity contribution in [1.29, 1.82) is 0 Å². The summed E-state index contributed by atoms with van der Waals surface area (Å²) in [5, 5.41) is 13.1. The minimum atomic E-state index is -0.823. The van der Waals surface area contributed by atoms with Gasteiger partial charge in [0, 0.05) is 35.5 Å². The van der Waals surface area contributed by atoms with Gasteiger partial charge in [-0.1, -0.05) is 24.3 Å². The molecular formula is C45H37NO13. The molecule has 0 aromatic heterocycles. The van der Waals surface area contributed by atoms with Crippen molar-refractivity contribution in [2.75, 3.05) is 40.9 Å². The predicted molar refractivity (Wildman–Crippen MR) is 215 cm³/mol. The lowest BCUT2D eigenvalue weighted by Crippen LogP contribution is -2.12. The van der Waals surface area contributed by atoms with Gasteiger partial charge in [-0.15, -0.1) is 0 Å². The molecule has 6 aromatic rings. The Hall–Kier alpha value is -8.00. The molecule has 6 rings (SSSR count). The lowest BCUT2D eigenvalue weighted by Gasteiger charge is -2.13. The van der Waals surface area contributed by atoms with E-state index in [-0.39, 0.29) is 57.1 Å². The fourth-order valence-electron chi connectivity index (χ4n) is 5.71. The maximum absolute atomic E-state index is 12.9. The van der Waals surface area contributed by atoms with Gasteiger partial charge in [-0.05, 0) is 83.9 Å². The van der Waals surface area contributed by atoms with Crippen LogP contribution in [0.15, 0.2) is 121 Å². The molecule has 0 spiro atoms. The summed E-state index contributed by atoms with van der Waals surface area (Å²) in [4.78, 5) is 51.5. The number of nitrogens with one attached hydrogen (secondary N) is 1. The lowest BCUT2D eigenvalue weighted by molar-refractivity contribution is 0.0719. The first-order valence-corrected chi connectivity index (χ1v) is 17.7. The topological polar surface area (TPSA) is 174 Å². The van der Waals surface area contributed by atoms with Crippen molar-refractivity contribution in [1.82, 2.24) is 0 Å². The first kappa shape index (κ1) is 40.7. The molecule has 0 fully saturated rings. The Labute approximate surface area is 338 Å². The van der Waals surface area contributed by atoms with Crippen molar-refractivity contribution < 1.29 is 62.2 Å². The quantitative estimate of drug-likeness (QED) is 0.0802. The number of phenolic OH excluding ortho intramolecular Hbond substituents is 1. The molecule has 1 amide bonds. The third kappa shape index (κ3) is 9.52. The van der Waals surface area contributed by atoms with Crippen molar-refractivity contribution in [2.24, 2.45) is 0 Å². The molecule has 0 aliphatic rings. The number of carbonyl (C=O) groups excluding carboxylic acids is 4. The molecule has 0 saturated carbocycles. The van der Waals surface area contributed by atoms with E-state index in [9.17, 15) is 24.3 Å². The Morgan fingerprint density at radius 2 is 0.814 bits per heavy atom. The number of anilines is 1. The highest BCUT2D eigenvalue weighted by molar-refractivity contribution is 6.04. The third-order valence-electron chi connectivity index (χ3n) is 8.82. The van der Waals surface area contributed by atoms with Crippen LogP contribution in [0.5, 0.6) is 51.7 Å². The number of hydrogen-bond donors (Lipinski definition) is 2. The summed E-state index contributed by atoms with van der Waals surface area (Å²) >= 11 is 0. The van der Waals surface area contributed by atoms with Crippen LogP contribution in [0.1, 0.15) is 41.4 Å². The molecule has 0 saturated heterocycles. The van der Waals surface area contributed by atoms with Crippen LogP contribution in [0.4, 0.5) is 5.69 Å². The molecule has 0 bridgehead atoms. The minimum absolute atomic E-state index is 0.121. The smallest absolute Gasteiger partial charge is 0.347 e. The minimum Gasteiger partial charge on any atom is -0.507 e. The number of rotatable bonds is 14. The molecule has 14 nitrogen and oxygen atoms in total. The molecule has 300 valence electrons. The van der Waals surface area contributed by atoms with E-state index in [0.29, 0.717) is 28.5 Å². The Morgan fingerprint density at radius 3 is 1.32 bits per heavy atom. The van der Waals surface area contributed by atoms with Gasteiger partial charge in [0.15, 0.2) is 23.0 Å². The number of phenols is 1. The van der Waals surface area contributed by atoms with E-state index in [1.54, 1.807) is 36.4 Å². The molecule has 6 aromatic carbocycles. The highest BCUT2D eigenvalue weighted by atomic mass is 16.6. The van der Waals surface area contributed by atoms with E-state index < -0.39 is 17.9 Å². The zero-order valence-electron chi connectivity index (χ0n) is 32.4. The Morgan fingerprint density at radius 1 is 0.424 bits per heavy atom. The second kappa shape index (κ2) is 18.3. The number of methoxy groups -OCH3 is 5. The lowest BCUT2D eigenvalue weighted by atomic mass is 10.1. The van der Waals surface area contributed by atoms with E-state index in [1.807, 2.05) is 12.1 Å². The van der Waals surface area contributed by atoms with Gasteiger partial charge in [-0.25, -0.2) is 14.4 Å². The molecule has 0 radical (unpaired) electrons. The highest BCUT2D eigenvalue weighted by Crippen LogP contribution is 2.36. The van der Waals surface area contributed by atoms with Gasteiger partial charge < -0.3 is 48.3 Å². The van der Waals surface area contributed by atoms with Crippen molar-refractivity contribution in [3.05, 3.63) is 144 Å². The molecular weight excluding hydrogens is 762 g/mol. The van der Waals surface area contributed by atoms with Crippen molar-refractivity contribution in [2.45, 2.75) is 0 Å². The number of carbonyl (C=O) groups is 4. The average molecular weight is 800 g/mol. The van der Waals surface area contributed by atoms with Gasteiger partial charge >= 0.3 is 17.9 Å². The summed E-state index contributed by atoms with van der Waals surface area (Å²) in [6.07, 6.45) is 0. The monoisotopic (exact) mass is 799 g/mol. The van der Waals surface area contributed by atoms with Crippen LogP contribution in [0.25, 0.3) is 11.1 Å². The zero-order chi connectivity index (χ0) is 42.1. The van der Waals surface area contributed by atoms with Gasteiger partial charge in [0.25, 0.3) is 5.91 Å². The Kier molecular flexibility index (Phi) is 12.6. The van der Waals surface area contributed by atoms with Crippen LogP contribution in [-0.2, 0) is 0 Å². The maximum Gasteiger partial charge on any atom is 0.347 e. The first-order chi connectivity index (χ1) is 28.5. The van der Waals surface area contributed by atoms with Crippen molar-refractivity contribution >= 4 is 29.5 Å². The molecule has 0 unspecified atom stereocenters. The predicted octanol–water partition coefficient (Wildman–Crippen LogP) is 8.01. The normalized spacial score (nSPS) is 10.5. The average Bonchev–Trinajstić information content (AvgIpc) is 3.26. The second-order valence-electron chi connectivity index (χ2n) is 12.4. The molecule has 0 atom stereocenters. The molecule has 0 heterocycles. The fraction of sp³-hybridized carbons (Fsp3) is 0.111. The zero-order valence-corrected chi connectivity index (χ0v) is 32.4. The van der Waals surface area contributed by atoms with Gasteiger partial charge in [0.1, 0.15) is 39.9 Å². The standard InChI is InChI=1S/C45H37NO13/c1-52-37-25-41(56-5)39(54-3)23-35(37)45(51)59-33-20-12-29(13-21-33)43(49)57-31-16-8-27(9-17-31)26-6-14-30(15-7-26)46-42(48)28-10-18-32(19-11-28)58-44(50)34-22-38(53-2)40(55-4)24-36(34)47/h6-25,47H,1-5H3,(H,46,48).